The van der Waals surface area contributed by atoms with Gasteiger partial charge in [0.15, 0.2) is 5.78 Å². The van der Waals surface area contributed by atoms with Gasteiger partial charge < -0.3 is 14.2 Å². The van der Waals surface area contributed by atoms with Crippen molar-refractivity contribution < 1.29 is 19.0 Å². The van der Waals surface area contributed by atoms with Gasteiger partial charge >= 0.3 is 0 Å². The Balaban J connectivity index is 2.31. The monoisotopic (exact) mass is 264 g/mol. The van der Waals surface area contributed by atoms with Crippen LogP contribution in [0.1, 0.15) is 30.1 Å². The maximum atomic E-state index is 12.8. The molecule has 1 heterocycles. The fourth-order valence-corrected chi connectivity index (χ4v) is 2.41. The zero-order chi connectivity index (χ0) is 13.7. The van der Waals surface area contributed by atoms with Crippen LogP contribution in [0.3, 0.4) is 0 Å². The molecule has 1 aliphatic heterocycles. The number of benzene rings is 1. The van der Waals surface area contributed by atoms with Crippen molar-refractivity contribution in [2.75, 3.05) is 26.9 Å². The molecule has 4 nitrogen and oxygen atoms in total. The van der Waals surface area contributed by atoms with Gasteiger partial charge in [-0.2, -0.15) is 0 Å². The predicted octanol–water partition coefficient (Wildman–Crippen LogP) is 2.46. The Bertz CT molecular complexity index is 436. The number of Topliss-reactive ketones (excluding diaryl/α,β-unsaturated/α-hetero) is 1. The third-order valence-corrected chi connectivity index (χ3v) is 3.54. The van der Waals surface area contributed by atoms with Crippen LogP contribution < -0.4 is 4.74 Å². The molecule has 1 fully saturated rings. The normalized spacial score (nSPS) is 18.0. The van der Waals surface area contributed by atoms with Gasteiger partial charge in [0, 0.05) is 33.2 Å². The summed E-state index contributed by atoms with van der Waals surface area (Å²) in [6, 6.07) is 7.33. The van der Waals surface area contributed by atoms with Crippen molar-refractivity contribution in [1.82, 2.24) is 0 Å². The summed E-state index contributed by atoms with van der Waals surface area (Å²) in [5.41, 5.74) is -0.182. The Kier molecular flexibility index (Phi) is 4.56. The molecule has 2 rings (SSSR count). The summed E-state index contributed by atoms with van der Waals surface area (Å²) < 4.78 is 16.4. The van der Waals surface area contributed by atoms with Gasteiger partial charge in [-0.1, -0.05) is 12.1 Å². The highest BCUT2D eigenvalue weighted by Crippen LogP contribution is 2.32. The summed E-state index contributed by atoms with van der Waals surface area (Å²) in [4.78, 5) is 12.8. The van der Waals surface area contributed by atoms with Crippen molar-refractivity contribution in [3.8, 4) is 5.75 Å². The number of methoxy groups -OCH3 is 1. The topological polar surface area (TPSA) is 44.8 Å². The van der Waals surface area contributed by atoms with Gasteiger partial charge in [0.05, 0.1) is 12.2 Å². The fraction of sp³-hybridized carbons (Fsp3) is 0.533. The molecule has 1 aromatic carbocycles. The van der Waals surface area contributed by atoms with Crippen molar-refractivity contribution >= 4 is 5.78 Å². The van der Waals surface area contributed by atoms with Crippen molar-refractivity contribution in [2.24, 2.45) is 0 Å². The summed E-state index contributed by atoms with van der Waals surface area (Å²) in [6.45, 7) is 3.54. The smallest absolute Gasteiger partial charge is 0.198 e. The molecule has 0 saturated carbocycles. The molecule has 0 bridgehead atoms. The van der Waals surface area contributed by atoms with Gasteiger partial charge in [-0.15, -0.1) is 0 Å². The summed E-state index contributed by atoms with van der Waals surface area (Å²) >= 11 is 0. The lowest BCUT2D eigenvalue weighted by Gasteiger charge is -2.34. The minimum Gasteiger partial charge on any atom is -0.493 e. The van der Waals surface area contributed by atoms with Crippen LogP contribution in [0.2, 0.25) is 0 Å². The average molecular weight is 264 g/mol. The lowest BCUT2D eigenvalue weighted by molar-refractivity contribution is -0.0664. The van der Waals surface area contributed by atoms with Gasteiger partial charge in [-0.25, -0.2) is 0 Å². The van der Waals surface area contributed by atoms with Gasteiger partial charge in [0.1, 0.15) is 11.4 Å². The van der Waals surface area contributed by atoms with E-state index in [1.54, 1.807) is 13.2 Å². The molecule has 0 aliphatic carbocycles. The predicted molar refractivity (Wildman–Crippen MR) is 71.7 cm³/mol. The maximum absolute atomic E-state index is 12.8. The third kappa shape index (κ3) is 2.80. The largest absolute Gasteiger partial charge is 0.493 e. The first-order valence-electron chi connectivity index (χ1n) is 6.63. The Morgan fingerprint density at radius 3 is 2.63 bits per heavy atom. The molecule has 0 atom stereocenters. The van der Waals surface area contributed by atoms with Gasteiger partial charge in [0.25, 0.3) is 0 Å². The molecular formula is C15H20O4. The number of rotatable bonds is 5. The van der Waals surface area contributed by atoms with E-state index in [0.717, 1.165) is 0 Å². The molecule has 4 heteroatoms. The number of hydrogen-bond acceptors (Lipinski definition) is 4. The fourth-order valence-electron chi connectivity index (χ4n) is 2.41. The van der Waals surface area contributed by atoms with E-state index in [-0.39, 0.29) is 5.78 Å². The van der Waals surface area contributed by atoms with Crippen LogP contribution in [0, 0.1) is 0 Å². The van der Waals surface area contributed by atoms with Gasteiger partial charge in [0.2, 0.25) is 0 Å². The molecule has 0 N–H and O–H groups in total. The highest BCUT2D eigenvalue weighted by molar-refractivity contribution is 6.04. The number of para-hydroxylation sites is 1. The molecule has 1 aromatic rings. The van der Waals surface area contributed by atoms with Gasteiger partial charge in [-0.3, -0.25) is 4.79 Å². The number of hydrogen-bond donors (Lipinski definition) is 0. The summed E-state index contributed by atoms with van der Waals surface area (Å²) in [7, 11) is 1.59. The maximum Gasteiger partial charge on any atom is 0.198 e. The van der Waals surface area contributed by atoms with E-state index in [2.05, 4.69) is 0 Å². The molecule has 1 aliphatic rings. The first kappa shape index (κ1) is 14.0. The van der Waals surface area contributed by atoms with Crippen LogP contribution >= 0.6 is 0 Å². The first-order valence-corrected chi connectivity index (χ1v) is 6.63. The van der Waals surface area contributed by atoms with Crippen LogP contribution in [0.4, 0.5) is 0 Å². The summed E-state index contributed by atoms with van der Waals surface area (Å²) in [5.74, 6) is 0.611. The van der Waals surface area contributed by atoms with Crippen molar-refractivity contribution in [3.05, 3.63) is 29.8 Å². The molecule has 0 amide bonds. The van der Waals surface area contributed by atoms with Gasteiger partial charge in [-0.05, 0) is 19.1 Å². The zero-order valence-corrected chi connectivity index (χ0v) is 11.5. The average Bonchev–Trinajstić information content (AvgIpc) is 2.48. The molecular weight excluding hydrogens is 244 g/mol. The number of carbonyl (C=O) groups excluding carboxylic acids is 1. The molecule has 19 heavy (non-hydrogen) atoms. The number of ether oxygens (including phenoxy) is 3. The minimum absolute atomic E-state index is 0.0117. The molecule has 0 aromatic heterocycles. The summed E-state index contributed by atoms with van der Waals surface area (Å²) in [5, 5.41) is 0. The summed E-state index contributed by atoms with van der Waals surface area (Å²) in [6.07, 6.45) is 1.17. The Morgan fingerprint density at radius 2 is 2.00 bits per heavy atom. The molecule has 0 spiro atoms. The van der Waals surface area contributed by atoms with E-state index in [1.165, 1.54) is 0 Å². The molecule has 1 saturated heterocycles. The highest BCUT2D eigenvalue weighted by Gasteiger charge is 2.41. The van der Waals surface area contributed by atoms with Crippen LogP contribution in [-0.2, 0) is 9.47 Å². The van der Waals surface area contributed by atoms with E-state index in [9.17, 15) is 4.79 Å². The minimum atomic E-state index is -0.772. The van der Waals surface area contributed by atoms with Crippen LogP contribution in [0.15, 0.2) is 24.3 Å². The second-order valence-corrected chi connectivity index (χ2v) is 4.57. The van der Waals surface area contributed by atoms with E-state index in [4.69, 9.17) is 14.2 Å². The van der Waals surface area contributed by atoms with Crippen LogP contribution in [0.5, 0.6) is 5.75 Å². The van der Waals surface area contributed by atoms with Crippen molar-refractivity contribution in [3.63, 3.8) is 0 Å². The Labute approximate surface area is 113 Å². The second-order valence-electron chi connectivity index (χ2n) is 4.57. The van der Waals surface area contributed by atoms with E-state index < -0.39 is 5.60 Å². The Morgan fingerprint density at radius 1 is 1.32 bits per heavy atom. The van der Waals surface area contributed by atoms with E-state index in [1.807, 2.05) is 25.1 Å². The lowest BCUT2D eigenvalue weighted by atomic mass is 9.85. The molecule has 0 unspecified atom stereocenters. The van der Waals surface area contributed by atoms with E-state index in [0.29, 0.717) is 44.0 Å². The molecule has 0 radical (unpaired) electrons. The van der Waals surface area contributed by atoms with Crippen LogP contribution in [0.25, 0.3) is 0 Å². The zero-order valence-electron chi connectivity index (χ0n) is 11.5. The Hall–Kier alpha value is -1.39. The quantitative estimate of drug-likeness (QED) is 0.766. The van der Waals surface area contributed by atoms with Crippen molar-refractivity contribution in [1.29, 1.82) is 0 Å². The number of carbonyl (C=O) groups is 1. The van der Waals surface area contributed by atoms with E-state index >= 15 is 0 Å². The van der Waals surface area contributed by atoms with Crippen molar-refractivity contribution in [2.45, 2.75) is 25.4 Å². The SMILES string of the molecule is CCOc1ccccc1C(=O)C1(OC)CCOCC1. The third-order valence-electron chi connectivity index (χ3n) is 3.54. The highest BCUT2D eigenvalue weighted by atomic mass is 16.5. The molecule has 104 valence electrons. The number of ketones is 1. The standard InChI is InChI=1S/C15H20O4/c1-3-19-13-7-5-4-6-12(13)14(16)15(17-2)8-10-18-11-9-15/h4-7H,3,8-11H2,1-2H3. The lowest BCUT2D eigenvalue weighted by Crippen LogP contribution is -2.45. The second kappa shape index (κ2) is 6.17. The first-order chi connectivity index (χ1) is 9.23. The van der Waals surface area contributed by atoms with Crippen LogP contribution in [-0.4, -0.2) is 38.3 Å².